The Balaban J connectivity index is 2.54. The summed E-state index contributed by atoms with van der Waals surface area (Å²) < 4.78 is 1.33. The maximum atomic E-state index is 2.35. The van der Waals surface area contributed by atoms with Crippen molar-refractivity contribution >= 4 is 28.7 Å². The highest BCUT2D eigenvalue weighted by molar-refractivity contribution is 14.1. The Morgan fingerprint density at radius 1 is 1.27 bits per heavy atom. The van der Waals surface area contributed by atoms with Crippen molar-refractivity contribution in [3.05, 3.63) is 39.0 Å². The van der Waals surface area contributed by atoms with Crippen molar-refractivity contribution in [3.63, 3.8) is 0 Å². The number of halogens is 1. The number of aryl methyl sites for hydroxylation is 1. The summed E-state index contributed by atoms with van der Waals surface area (Å²) in [7, 11) is 0. The van der Waals surface area contributed by atoms with Gasteiger partial charge in [-0.25, -0.2) is 0 Å². The molecule has 0 amide bonds. The number of hydrogen-bond acceptors (Lipinski definition) is 0. The molecule has 0 bridgehead atoms. The summed E-state index contributed by atoms with van der Waals surface area (Å²) >= 11 is 2.35. The standard InChI is InChI=1S/C10H9I/c11-10-6-5-8-3-1-2-4-9(8)7-10/h2,4-7H,1,3H2. The monoisotopic (exact) mass is 256 g/mol. The molecule has 0 unspecified atom stereocenters. The fourth-order valence-corrected chi connectivity index (χ4v) is 1.91. The Morgan fingerprint density at radius 2 is 2.18 bits per heavy atom. The predicted octanol–water partition coefficient (Wildman–Crippen LogP) is 3.25. The fourth-order valence-electron chi connectivity index (χ4n) is 1.40. The van der Waals surface area contributed by atoms with Crippen LogP contribution in [0.25, 0.3) is 6.08 Å². The summed E-state index contributed by atoms with van der Waals surface area (Å²) in [5.41, 5.74) is 2.90. The molecule has 0 radical (unpaired) electrons. The van der Waals surface area contributed by atoms with E-state index in [1.165, 1.54) is 27.5 Å². The van der Waals surface area contributed by atoms with E-state index in [9.17, 15) is 0 Å². The molecule has 0 saturated heterocycles. The third kappa shape index (κ3) is 1.48. The largest absolute Gasteiger partial charge is 0.0836 e. The molecule has 0 fully saturated rings. The summed E-state index contributed by atoms with van der Waals surface area (Å²) in [5.74, 6) is 0. The topological polar surface area (TPSA) is 0 Å². The molecule has 0 aromatic heterocycles. The normalized spacial score (nSPS) is 14.6. The third-order valence-corrected chi connectivity index (χ3v) is 2.66. The van der Waals surface area contributed by atoms with Gasteiger partial charge >= 0.3 is 0 Å². The van der Waals surface area contributed by atoms with Crippen LogP contribution in [0.5, 0.6) is 0 Å². The second-order valence-corrected chi connectivity index (χ2v) is 4.03. The van der Waals surface area contributed by atoms with Gasteiger partial charge in [0.1, 0.15) is 0 Å². The van der Waals surface area contributed by atoms with Crippen LogP contribution in [0.1, 0.15) is 17.5 Å². The van der Waals surface area contributed by atoms with Crippen LogP contribution in [-0.2, 0) is 6.42 Å². The first-order valence-electron chi connectivity index (χ1n) is 3.81. The number of hydrogen-bond donors (Lipinski definition) is 0. The first kappa shape index (κ1) is 7.35. The van der Waals surface area contributed by atoms with Crippen LogP contribution >= 0.6 is 22.6 Å². The fraction of sp³-hybridized carbons (Fsp3) is 0.200. The van der Waals surface area contributed by atoms with Gasteiger partial charge in [-0.05, 0) is 58.7 Å². The van der Waals surface area contributed by atoms with Crippen molar-refractivity contribution in [2.45, 2.75) is 12.8 Å². The van der Waals surface area contributed by atoms with Crippen molar-refractivity contribution in [1.29, 1.82) is 0 Å². The molecule has 56 valence electrons. The number of fused-ring (bicyclic) bond motifs is 1. The number of allylic oxidation sites excluding steroid dienone is 1. The van der Waals surface area contributed by atoms with Crippen LogP contribution in [0, 0.1) is 3.57 Å². The molecule has 0 saturated carbocycles. The van der Waals surface area contributed by atoms with Crippen molar-refractivity contribution in [3.8, 4) is 0 Å². The molecule has 11 heavy (non-hydrogen) atoms. The lowest BCUT2D eigenvalue weighted by atomic mass is 9.98. The maximum Gasteiger partial charge on any atom is 0.0136 e. The molecule has 0 nitrogen and oxygen atoms in total. The van der Waals surface area contributed by atoms with Crippen LogP contribution < -0.4 is 0 Å². The van der Waals surface area contributed by atoms with Crippen LogP contribution in [-0.4, -0.2) is 0 Å². The van der Waals surface area contributed by atoms with E-state index in [1.807, 2.05) is 0 Å². The highest BCUT2D eigenvalue weighted by atomic mass is 127. The Kier molecular flexibility index (Phi) is 1.98. The molecular formula is C10H9I. The van der Waals surface area contributed by atoms with Gasteiger partial charge in [-0.3, -0.25) is 0 Å². The highest BCUT2D eigenvalue weighted by Gasteiger charge is 2.02. The van der Waals surface area contributed by atoms with Gasteiger partial charge in [0.05, 0.1) is 0 Å². The lowest BCUT2D eigenvalue weighted by molar-refractivity contribution is 0.985. The summed E-state index contributed by atoms with van der Waals surface area (Å²) in [6.07, 6.45) is 6.88. The van der Waals surface area contributed by atoms with Crippen LogP contribution in [0.15, 0.2) is 24.3 Å². The van der Waals surface area contributed by atoms with E-state index in [-0.39, 0.29) is 0 Å². The molecule has 0 N–H and O–H groups in total. The molecule has 1 aromatic carbocycles. The Labute approximate surface area is 80.5 Å². The van der Waals surface area contributed by atoms with E-state index in [1.54, 1.807) is 0 Å². The van der Waals surface area contributed by atoms with E-state index in [0.29, 0.717) is 0 Å². The van der Waals surface area contributed by atoms with Gasteiger partial charge in [-0.2, -0.15) is 0 Å². The molecule has 1 heteroatoms. The van der Waals surface area contributed by atoms with Gasteiger partial charge in [-0.1, -0.05) is 18.2 Å². The second kappa shape index (κ2) is 2.97. The van der Waals surface area contributed by atoms with Gasteiger partial charge < -0.3 is 0 Å². The summed E-state index contributed by atoms with van der Waals surface area (Å²) in [6, 6.07) is 6.66. The molecule has 0 spiro atoms. The lowest BCUT2D eigenvalue weighted by Gasteiger charge is -2.09. The van der Waals surface area contributed by atoms with Gasteiger partial charge in [0.15, 0.2) is 0 Å². The molecule has 1 aliphatic carbocycles. The van der Waals surface area contributed by atoms with E-state index in [2.05, 4.69) is 52.9 Å². The minimum atomic E-state index is 1.20. The van der Waals surface area contributed by atoms with E-state index in [4.69, 9.17) is 0 Å². The van der Waals surface area contributed by atoms with Gasteiger partial charge in [0.25, 0.3) is 0 Å². The molecule has 1 aliphatic rings. The third-order valence-electron chi connectivity index (χ3n) is 1.99. The first-order valence-corrected chi connectivity index (χ1v) is 4.89. The summed E-state index contributed by atoms with van der Waals surface area (Å²) in [6.45, 7) is 0. The SMILES string of the molecule is Ic1ccc2c(c1)C=CCC2. The van der Waals surface area contributed by atoms with Crippen LogP contribution in [0.3, 0.4) is 0 Å². The van der Waals surface area contributed by atoms with Crippen molar-refractivity contribution in [2.75, 3.05) is 0 Å². The Hall–Kier alpha value is -0.310. The van der Waals surface area contributed by atoms with Crippen LogP contribution in [0.2, 0.25) is 0 Å². The molecular weight excluding hydrogens is 247 g/mol. The van der Waals surface area contributed by atoms with E-state index in [0.717, 1.165) is 0 Å². The summed E-state index contributed by atoms with van der Waals surface area (Å²) in [5, 5.41) is 0. The molecule has 2 rings (SSSR count). The average Bonchev–Trinajstić information content (AvgIpc) is 2.04. The number of rotatable bonds is 0. The smallest absolute Gasteiger partial charge is 0.0136 e. The molecule has 0 heterocycles. The quantitative estimate of drug-likeness (QED) is 0.625. The maximum absolute atomic E-state index is 2.35. The number of benzene rings is 1. The van der Waals surface area contributed by atoms with Crippen molar-refractivity contribution < 1.29 is 0 Å². The predicted molar refractivity (Wildman–Crippen MR) is 56.5 cm³/mol. The van der Waals surface area contributed by atoms with E-state index < -0.39 is 0 Å². The highest BCUT2D eigenvalue weighted by Crippen LogP contribution is 2.20. The van der Waals surface area contributed by atoms with Crippen molar-refractivity contribution in [1.82, 2.24) is 0 Å². The van der Waals surface area contributed by atoms with Crippen molar-refractivity contribution in [2.24, 2.45) is 0 Å². The minimum absolute atomic E-state index is 1.20. The first-order chi connectivity index (χ1) is 5.36. The van der Waals surface area contributed by atoms with E-state index >= 15 is 0 Å². The minimum Gasteiger partial charge on any atom is -0.0836 e. The molecule has 1 aromatic rings. The zero-order valence-electron chi connectivity index (χ0n) is 6.18. The summed E-state index contributed by atoms with van der Waals surface area (Å²) in [4.78, 5) is 0. The second-order valence-electron chi connectivity index (χ2n) is 2.78. The Morgan fingerprint density at radius 3 is 3.09 bits per heavy atom. The van der Waals surface area contributed by atoms with Gasteiger partial charge in [0, 0.05) is 3.57 Å². The Bertz CT molecular complexity index is 300. The molecule has 0 atom stereocenters. The zero-order valence-corrected chi connectivity index (χ0v) is 8.34. The average molecular weight is 256 g/mol. The van der Waals surface area contributed by atoms with Gasteiger partial charge in [0.2, 0.25) is 0 Å². The molecule has 0 aliphatic heterocycles. The van der Waals surface area contributed by atoms with Gasteiger partial charge in [-0.15, -0.1) is 0 Å². The zero-order chi connectivity index (χ0) is 7.68. The van der Waals surface area contributed by atoms with Crippen LogP contribution in [0.4, 0.5) is 0 Å². The lowest BCUT2D eigenvalue weighted by Crippen LogP contribution is -1.93.